The summed E-state index contributed by atoms with van der Waals surface area (Å²) in [5.41, 5.74) is 1.51. The van der Waals surface area contributed by atoms with Crippen LogP contribution in [0.4, 0.5) is 0 Å². The molecule has 0 unspecified atom stereocenters. The molecular formula is C20H21NO3. The van der Waals surface area contributed by atoms with Crippen LogP contribution in [0.25, 0.3) is 11.0 Å². The lowest BCUT2D eigenvalue weighted by atomic mass is 10.1. The van der Waals surface area contributed by atoms with E-state index in [9.17, 15) is 4.79 Å². The molecule has 124 valence electrons. The molecule has 1 aromatic heterocycles. The lowest BCUT2D eigenvalue weighted by Crippen LogP contribution is -2.30. The molecule has 0 atom stereocenters. The summed E-state index contributed by atoms with van der Waals surface area (Å²) < 4.78 is 11.7. The fraction of sp³-hybridized carbons (Fsp3) is 0.250. The third-order valence-corrected chi connectivity index (χ3v) is 4.07. The number of hydrogen-bond acceptors (Lipinski definition) is 3. The van der Waals surface area contributed by atoms with Gasteiger partial charge in [0.15, 0.2) is 5.76 Å². The molecule has 1 amide bonds. The first-order chi connectivity index (χ1) is 11.7. The molecule has 0 aliphatic heterocycles. The van der Waals surface area contributed by atoms with Crippen molar-refractivity contribution in [2.24, 2.45) is 0 Å². The van der Waals surface area contributed by atoms with Gasteiger partial charge >= 0.3 is 0 Å². The van der Waals surface area contributed by atoms with Crippen LogP contribution in [0.1, 0.15) is 30.0 Å². The molecule has 0 aliphatic carbocycles. The van der Waals surface area contributed by atoms with Crippen LogP contribution in [-0.2, 0) is 6.61 Å². The van der Waals surface area contributed by atoms with Gasteiger partial charge in [0.1, 0.15) is 17.9 Å². The molecule has 4 nitrogen and oxygen atoms in total. The summed E-state index contributed by atoms with van der Waals surface area (Å²) in [4.78, 5) is 14.5. The van der Waals surface area contributed by atoms with E-state index in [0.717, 1.165) is 16.7 Å². The second-order valence-electron chi connectivity index (χ2n) is 5.49. The van der Waals surface area contributed by atoms with Gasteiger partial charge in [0.05, 0.1) is 0 Å². The van der Waals surface area contributed by atoms with E-state index in [1.165, 1.54) is 0 Å². The van der Waals surface area contributed by atoms with Crippen LogP contribution in [-0.4, -0.2) is 23.9 Å². The van der Waals surface area contributed by atoms with Gasteiger partial charge in [0, 0.05) is 24.0 Å². The van der Waals surface area contributed by atoms with Gasteiger partial charge in [0.2, 0.25) is 0 Å². The monoisotopic (exact) mass is 323 g/mol. The summed E-state index contributed by atoms with van der Waals surface area (Å²) in [7, 11) is 0. The average Bonchev–Trinajstić information content (AvgIpc) is 3.00. The Bertz CT molecular complexity index is 819. The minimum absolute atomic E-state index is 0.0946. The van der Waals surface area contributed by atoms with Crippen LogP contribution >= 0.6 is 0 Å². The summed E-state index contributed by atoms with van der Waals surface area (Å²) in [5, 5.41) is 0.920. The number of para-hydroxylation sites is 2. The summed E-state index contributed by atoms with van der Waals surface area (Å²) in [5.74, 6) is 1.04. The first kappa shape index (κ1) is 16.1. The predicted molar refractivity (Wildman–Crippen MR) is 94.2 cm³/mol. The molecule has 0 radical (unpaired) electrons. The molecule has 0 saturated carbocycles. The average molecular weight is 323 g/mol. The van der Waals surface area contributed by atoms with E-state index in [0.29, 0.717) is 31.0 Å². The Morgan fingerprint density at radius 3 is 2.38 bits per heavy atom. The zero-order valence-electron chi connectivity index (χ0n) is 14.0. The van der Waals surface area contributed by atoms with Crippen molar-refractivity contribution >= 4 is 16.9 Å². The van der Waals surface area contributed by atoms with Crippen LogP contribution in [0, 0.1) is 0 Å². The number of furan rings is 1. The van der Waals surface area contributed by atoms with E-state index in [4.69, 9.17) is 9.15 Å². The van der Waals surface area contributed by atoms with Crippen molar-refractivity contribution < 1.29 is 13.9 Å². The Kier molecular flexibility index (Phi) is 4.85. The van der Waals surface area contributed by atoms with Crippen molar-refractivity contribution in [2.75, 3.05) is 13.1 Å². The van der Waals surface area contributed by atoms with Gasteiger partial charge in [-0.05, 0) is 32.0 Å². The fourth-order valence-electron chi connectivity index (χ4n) is 2.74. The Morgan fingerprint density at radius 1 is 1.00 bits per heavy atom. The minimum Gasteiger partial charge on any atom is -0.489 e. The predicted octanol–water partition coefficient (Wildman–Crippen LogP) is 4.49. The van der Waals surface area contributed by atoms with E-state index < -0.39 is 0 Å². The van der Waals surface area contributed by atoms with Crippen molar-refractivity contribution in [1.82, 2.24) is 4.90 Å². The second kappa shape index (κ2) is 7.21. The highest BCUT2D eigenvalue weighted by atomic mass is 16.5. The van der Waals surface area contributed by atoms with Crippen molar-refractivity contribution in [1.29, 1.82) is 0 Å². The van der Waals surface area contributed by atoms with E-state index >= 15 is 0 Å². The van der Waals surface area contributed by atoms with Gasteiger partial charge in [0.25, 0.3) is 5.91 Å². The largest absolute Gasteiger partial charge is 0.489 e. The van der Waals surface area contributed by atoms with Crippen molar-refractivity contribution in [3.63, 3.8) is 0 Å². The molecule has 24 heavy (non-hydrogen) atoms. The Morgan fingerprint density at radius 2 is 1.67 bits per heavy atom. The molecule has 0 aliphatic rings. The number of carbonyl (C=O) groups is 1. The van der Waals surface area contributed by atoms with Crippen LogP contribution in [0.2, 0.25) is 0 Å². The Labute approximate surface area is 141 Å². The zero-order chi connectivity index (χ0) is 16.9. The standard InChI is InChI=1S/C20H21NO3/c1-3-21(4-2)20(22)19-17(14-23-15-10-6-5-7-11-15)16-12-8-9-13-18(16)24-19/h5-13H,3-4,14H2,1-2H3. The summed E-state index contributed by atoms with van der Waals surface area (Å²) in [6.45, 7) is 5.51. The number of amides is 1. The molecular weight excluding hydrogens is 302 g/mol. The van der Waals surface area contributed by atoms with Crippen molar-refractivity contribution in [3.8, 4) is 5.75 Å². The molecule has 3 rings (SSSR count). The quantitative estimate of drug-likeness (QED) is 0.671. The third kappa shape index (κ3) is 3.13. The summed E-state index contributed by atoms with van der Waals surface area (Å²) >= 11 is 0. The summed E-state index contributed by atoms with van der Waals surface area (Å²) in [6, 6.07) is 17.3. The van der Waals surface area contributed by atoms with Gasteiger partial charge in [-0.3, -0.25) is 4.79 Å². The van der Waals surface area contributed by atoms with E-state index in [-0.39, 0.29) is 5.91 Å². The molecule has 4 heteroatoms. The van der Waals surface area contributed by atoms with Crippen molar-refractivity contribution in [3.05, 3.63) is 65.9 Å². The smallest absolute Gasteiger partial charge is 0.290 e. The number of rotatable bonds is 6. The number of hydrogen-bond donors (Lipinski definition) is 0. The van der Waals surface area contributed by atoms with Crippen LogP contribution in [0.5, 0.6) is 5.75 Å². The number of fused-ring (bicyclic) bond motifs is 1. The molecule has 0 saturated heterocycles. The second-order valence-corrected chi connectivity index (χ2v) is 5.49. The SMILES string of the molecule is CCN(CC)C(=O)c1oc2ccccc2c1COc1ccccc1. The normalized spacial score (nSPS) is 10.8. The topological polar surface area (TPSA) is 42.7 Å². The van der Waals surface area contributed by atoms with Gasteiger partial charge in [-0.15, -0.1) is 0 Å². The van der Waals surface area contributed by atoms with Gasteiger partial charge in [-0.25, -0.2) is 0 Å². The molecule has 1 heterocycles. The number of carbonyl (C=O) groups excluding carboxylic acids is 1. The van der Waals surface area contributed by atoms with Crippen LogP contribution in [0.15, 0.2) is 59.0 Å². The number of nitrogens with zero attached hydrogens (tertiary/aromatic N) is 1. The maximum atomic E-state index is 12.8. The van der Waals surface area contributed by atoms with Crippen LogP contribution < -0.4 is 4.74 Å². The highest BCUT2D eigenvalue weighted by Gasteiger charge is 2.24. The van der Waals surface area contributed by atoms with Gasteiger partial charge in [-0.2, -0.15) is 0 Å². The highest BCUT2D eigenvalue weighted by Crippen LogP contribution is 2.28. The third-order valence-electron chi connectivity index (χ3n) is 4.07. The van der Waals surface area contributed by atoms with Gasteiger partial charge < -0.3 is 14.1 Å². The fourth-order valence-corrected chi connectivity index (χ4v) is 2.74. The molecule has 3 aromatic rings. The maximum Gasteiger partial charge on any atom is 0.290 e. The lowest BCUT2D eigenvalue weighted by Gasteiger charge is -2.17. The molecule has 0 N–H and O–H groups in total. The minimum atomic E-state index is -0.0946. The summed E-state index contributed by atoms with van der Waals surface area (Å²) in [6.07, 6.45) is 0. The van der Waals surface area contributed by atoms with E-state index in [1.807, 2.05) is 68.4 Å². The lowest BCUT2D eigenvalue weighted by molar-refractivity contribution is 0.0740. The van der Waals surface area contributed by atoms with Crippen LogP contribution in [0.3, 0.4) is 0 Å². The first-order valence-corrected chi connectivity index (χ1v) is 8.22. The number of benzene rings is 2. The molecule has 0 fully saturated rings. The Balaban J connectivity index is 1.97. The molecule has 2 aromatic carbocycles. The number of ether oxygens (including phenoxy) is 1. The van der Waals surface area contributed by atoms with Gasteiger partial charge in [-0.1, -0.05) is 36.4 Å². The first-order valence-electron chi connectivity index (χ1n) is 8.22. The maximum absolute atomic E-state index is 12.8. The van der Waals surface area contributed by atoms with E-state index in [2.05, 4.69) is 0 Å². The molecule has 0 spiro atoms. The molecule has 0 bridgehead atoms. The van der Waals surface area contributed by atoms with E-state index in [1.54, 1.807) is 4.90 Å². The highest BCUT2D eigenvalue weighted by molar-refractivity contribution is 5.99. The Hall–Kier alpha value is -2.75. The zero-order valence-corrected chi connectivity index (χ0v) is 14.0. The van der Waals surface area contributed by atoms with Crippen molar-refractivity contribution in [2.45, 2.75) is 20.5 Å².